The van der Waals surface area contributed by atoms with Crippen molar-refractivity contribution in [3.63, 3.8) is 0 Å². The number of rotatable bonds is 4. The predicted molar refractivity (Wildman–Crippen MR) is 74.2 cm³/mol. The topological polar surface area (TPSA) is 75.2 Å². The molecule has 1 aromatic rings. The molecule has 104 valence electrons. The van der Waals surface area contributed by atoms with Gasteiger partial charge in [-0.1, -0.05) is 20.8 Å². The average Bonchev–Trinajstić information content (AvgIpc) is 2.63. The molecule has 0 bridgehead atoms. The van der Waals surface area contributed by atoms with Crippen LogP contribution in [0.15, 0.2) is 6.07 Å². The number of aromatic amines is 1. The first kappa shape index (κ1) is 15.0. The molecule has 0 aromatic carbocycles. The summed E-state index contributed by atoms with van der Waals surface area (Å²) in [6.45, 7) is 8.33. The van der Waals surface area contributed by atoms with E-state index >= 15 is 0 Å². The minimum Gasteiger partial charge on any atom is -0.476 e. The van der Waals surface area contributed by atoms with E-state index in [9.17, 15) is 4.79 Å². The lowest BCUT2D eigenvalue weighted by atomic mass is 10.2. The highest BCUT2D eigenvalue weighted by Gasteiger charge is 2.31. The monoisotopic (exact) mass is 274 g/mol. The Morgan fingerprint density at radius 1 is 1.50 bits per heavy atom. The largest absolute Gasteiger partial charge is 0.476 e. The zero-order valence-electron chi connectivity index (χ0n) is 11.8. The van der Waals surface area contributed by atoms with Gasteiger partial charge in [-0.15, -0.1) is 10.3 Å². The Morgan fingerprint density at radius 2 is 2.06 bits per heavy atom. The third-order valence-electron chi connectivity index (χ3n) is 3.11. The highest BCUT2D eigenvalue weighted by Crippen LogP contribution is 2.56. The third kappa shape index (κ3) is 3.26. The fourth-order valence-electron chi connectivity index (χ4n) is 1.21. The zero-order chi connectivity index (χ0) is 14.1. The van der Waals surface area contributed by atoms with Crippen molar-refractivity contribution in [1.29, 1.82) is 0 Å². The molecule has 0 fully saturated rings. The maximum atomic E-state index is 10.8. The first-order chi connectivity index (χ1) is 8.04. The Morgan fingerprint density at radius 3 is 2.44 bits per heavy atom. The van der Waals surface area contributed by atoms with Crippen LogP contribution in [0.1, 0.15) is 50.0 Å². The van der Waals surface area contributed by atoms with Crippen LogP contribution in [-0.2, 0) is 4.18 Å². The van der Waals surface area contributed by atoms with Gasteiger partial charge in [0.15, 0.2) is 5.69 Å². The second-order valence-electron chi connectivity index (χ2n) is 5.60. The Bertz CT molecular complexity index is 435. The van der Waals surface area contributed by atoms with Gasteiger partial charge in [0.25, 0.3) is 0 Å². The summed E-state index contributed by atoms with van der Waals surface area (Å²) in [7, 11) is -1.25. The van der Waals surface area contributed by atoms with E-state index in [0.29, 0.717) is 5.69 Å². The fourth-order valence-corrected chi connectivity index (χ4v) is 2.33. The van der Waals surface area contributed by atoms with Gasteiger partial charge < -0.3 is 9.29 Å². The van der Waals surface area contributed by atoms with Crippen LogP contribution < -0.4 is 0 Å². The van der Waals surface area contributed by atoms with Crippen molar-refractivity contribution in [2.45, 2.75) is 38.5 Å². The lowest BCUT2D eigenvalue weighted by Crippen LogP contribution is -2.26. The number of aromatic nitrogens is 2. The van der Waals surface area contributed by atoms with Crippen LogP contribution in [-0.4, -0.2) is 38.5 Å². The van der Waals surface area contributed by atoms with Crippen molar-refractivity contribution < 1.29 is 14.1 Å². The van der Waals surface area contributed by atoms with Crippen molar-refractivity contribution in [3.8, 4) is 0 Å². The Balaban J connectivity index is 2.82. The predicted octanol–water partition coefficient (Wildman–Crippen LogP) is 2.96. The summed E-state index contributed by atoms with van der Waals surface area (Å²) in [4.78, 5) is 10.8. The summed E-state index contributed by atoms with van der Waals surface area (Å²) in [5.41, 5.74) is 0.709. The van der Waals surface area contributed by atoms with Crippen LogP contribution in [0, 0.1) is 0 Å². The molecule has 0 radical (unpaired) electrons. The maximum absolute atomic E-state index is 10.8. The molecule has 1 rings (SSSR count). The van der Waals surface area contributed by atoms with Crippen LogP contribution >= 0.6 is 10.3 Å². The van der Waals surface area contributed by atoms with Gasteiger partial charge in [0.1, 0.15) is 6.10 Å². The summed E-state index contributed by atoms with van der Waals surface area (Å²) >= 11 is 0. The smallest absolute Gasteiger partial charge is 0.356 e. The van der Waals surface area contributed by atoms with Crippen molar-refractivity contribution >= 4 is 16.3 Å². The number of hydrogen-bond donors (Lipinski definition) is 2. The second kappa shape index (κ2) is 4.93. The van der Waals surface area contributed by atoms with E-state index in [1.165, 1.54) is 6.07 Å². The van der Waals surface area contributed by atoms with Crippen LogP contribution in [0.4, 0.5) is 0 Å². The molecule has 18 heavy (non-hydrogen) atoms. The van der Waals surface area contributed by atoms with E-state index in [1.807, 2.05) is 6.92 Å². The third-order valence-corrected chi connectivity index (χ3v) is 6.83. The summed E-state index contributed by atoms with van der Waals surface area (Å²) in [5.74, 6) is -1.04. The van der Waals surface area contributed by atoms with Gasteiger partial charge in [-0.3, -0.25) is 5.10 Å². The van der Waals surface area contributed by atoms with Crippen molar-refractivity contribution in [3.05, 3.63) is 17.5 Å². The molecule has 1 atom stereocenters. The highest BCUT2D eigenvalue weighted by molar-refractivity contribution is 8.29. The van der Waals surface area contributed by atoms with E-state index < -0.39 is 16.3 Å². The summed E-state index contributed by atoms with van der Waals surface area (Å²) in [5, 5.41) is 15.3. The summed E-state index contributed by atoms with van der Waals surface area (Å²) < 4.78 is 6.17. The molecule has 0 spiro atoms. The van der Waals surface area contributed by atoms with Gasteiger partial charge in [0.2, 0.25) is 0 Å². The molecule has 1 unspecified atom stereocenters. The lowest BCUT2D eigenvalue weighted by molar-refractivity contribution is 0.0690. The van der Waals surface area contributed by atoms with Gasteiger partial charge in [0.05, 0.1) is 5.69 Å². The normalized spacial score (nSPS) is 15.4. The van der Waals surface area contributed by atoms with Gasteiger partial charge in [-0.05, 0) is 25.5 Å². The number of aromatic carboxylic acids is 1. The molecular formula is C12H22N2O3S. The number of carboxylic acid groups (broad SMARTS) is 1. The Labute approximate surface area is 109 Å². The summed E-state index contributed by atoms with van der Waals surface area (Å²) in [6, 6.07) is 1.52. The van der Waals surface area contributed by atoms with E-state index in [4.69, 9.17) is 9.29 Å². The van der Waals surface area contributed by atoms with E-state index in [1.54, 1.807) is 0 Å². The highest BCUT2D eigenvalue weighted by atomic mass is 32.3. The lowest BCUT2D eigenvalue weighted by Gasteiger charge is -2.45. The summed E-state index contributed by atoms with van der Waals surface area (Å²) in [6.07, 6.45) is 4.02. The molecule has 0 aliphatic carbocycles. The molecule has 0 saturated heterocycles. The van der Waals surface area contributed by atoms with Gasteiger partial charge >= 0.3 is 5.97 Å². The maximum Gasteiger partial charge on any atom is 0.356 e. The Hall–Kier alpha value is -1.01. The number of carboxylic acids is 1. The van der Waals surface area contributed by atoms with Gasteiger partial charge in [0, 0.05) is 4.75 Å². The second-order valence-corrected chi connectivity index (χ2v) is 9.48. The number of hydrogen-bond acceptors (Lipinski definition) is 3. The molecule has 6 heteroatoms. The zero-order valence-corrected chi connectivity index (χ0v) is 12.6. The minimum absolute atomic E-state index is 0.0176. The SMILES string of the molecule is CC(OS(C)(C)C(C)(C)C)c1cc(C(=O)O)n[nH]1. The van der Waals surface area contributed by atoms with Crippen molar-refractivity contribution in [2.75, 3.05) is 12.5 Å². The molecule has 0 aliphatic rings. The average molecular weight is 274 g/mol. The number of nitrogens with zero attached hydrogens (tertiary/aromatic N) is 1. The fraction of sp³-hybridized carbons (Fsp3) is 0.667. The van der Waals surface area contributed by atoms with Gasteiger partial charge in [-0.2, -0.15) is 5.10 Å². The van der Waals surface area contributed by atoms with E-state index in [0.717, 1.165) is 0 Å². The van der Waals surface area contributed by atoms with Crippen LogP contribution in [0.25, 0.3) is 0 Å². The molecule has 5 nitrogen and oxygen atoms in total. The molecule has 0 aliphatic heterocycles. The molecule has 2 N–H and O–H groups in total. The van der Waals surface area contributed by atoms with E-state index in [-0.39, 0.29) is 16.5 Å². The molecule has 0 amide bonds. The van der Waals surface area contributed by atoms with Crippen LogP contribution in [0.2, 0.25) is 0 Å². The first-order valence-electron chi connectivity index (χ1n) is 5.74. The number of H-pyrrole nitrogens is 1. The molecule has 1 heterocycles. The standard InChI is InChI=1S/C12H22N2O3S/c1-8(17-18(5,6)12(2,3)4)9-7-10(11(15)16)14-13-9/h7-8H,1-6H3,(H,13,14)(H,15,16). The van der Waals surface area contributed by atoms with Gasteiger partial charge in [-0.25, -0.2) is 4.79 Å². The quantitative estimate of drug-likeness (QED) is 0.885. The molecule has 0 saturated carbocycles. The van der Waals surface area contributed by atoms with Crippen molar-refractivity contribution in [2.24, 2.45) is 0 Å². The van der Waals surface area contributed by atoms with E-state index in [2.05, 4.69) is 43.5 Å². The number of nitrogens with one attached hydrogen (secondary N) is 1. The Kier molecular flexibility index (Phi) is 4.12. The number of carbonyl (C=O) groups is 1. The molecular weight excluding hydrogens is 252 g/mol. The molecule has 1 aromatic heterocycles. The van der Waals surface area contributed by atoms with Crippen LogP contribution in [0.3, 0.4) is 0 Å². The van der Waals surface area contributed by atoms with Crippen LogP contribution in [0.5, 0.6) is 0 Å². The minimum atomic E-state index is -1.25. The van der Waals surface area contributed by atoms with Crippen molar-refractivity contribution in [1.82, 2.24) is 10.2 Å². The first-order valence-corrected chi connectivity index (χ1v) is 8.12.